The van der Waals surface area contributed by atoms with Gasteiger partial charge in [0.2, 0.25) is 0 Å². The zero-order valence-corrected chi connectivity index (χ0v) is 21.2. The average Bonchev–Trinajstić information content (AvgIpc) is 3.30. The Bertz CT molecular complexity index is 1130. The van der Waals surface area contributed by atoms with Gasteiger partial charge in [-0.2, -0.15) is 5.06 Å². The molecule has 2 atom stereocenters. The minimum absolute atomic E-state index is 0.0822. The maximum absolute atomic E-state index is 13.4. The van der Waals surface area contributed by atoms with E-state index < -0.39 is 5.60 Å². The lowest BCUT2D eigenvalue weighted by atomic mass is 9.84. The third-order valence-corrected chi connectivity index (χ3v) is 7.89. The topological polar surface area (TPSA) is 88.4 Å². The summed E-state index contributed by atoms with van der Waals surface area (Å²) in [5.41, 5.74) is 1.47. The number of aromatic nitrogens is 1. The number of carbonyl (C=O) groups is 2. The Morgan fingerprint density at radius 2 is 1.92 bits per heavy atom. The molecule has 9 nitrogen and oxygen atoms in total. The van der Waals surface area contributed by atoms with Gasteiger partial charge in [0.1, 0.15) is 23.7 Å². The van der Waals surface area contributed by atoms with E-state index in [1.165, 1.54) is 0 Å². The molecule has 1 saturated carbocycles. The summed E-state index contributed by atoms with van der Waals surface area (Å²) >= 11 is 0. The van der Waals surface area contributed by atoms with Gasteiger partial charge in [0, 0.05) is 38.0 Å². The van der Waals surface area contributed by atoms with Crippen molar-refractivity contribution in [1.82, 2.24) is 20.0 Å². The number of benzene rings is 1. The first-order valence-corrected chi connectivity index (χ1v) is 12.9. The van der Waals surface area contributed by atoms with Crippen molar-refractivity contribution in [2.75, 3.05) is 19.6 Å². The molecule has 2 aromatic rings. The fourth-order valence-corrected chi connectivity index (χ4v) is 5.80. The summed E-state index contributed by atoms with van der Waals surface area (Å²) in [7, 11) is 0. The second-order valence-corrected chi connectivity index (χ2v) is 11.8. The molecule has 4 fully saturated rings. The van der Waals surface area contributed by atoms with Crippen LogP contribution < -0.4 is 0 Å². The van der Waals surface area contributed by atoms with Crippen molar-refractivity contribution in [2.24, 2.45) is 11.3 Å². The van der Waals surface area contributed by atoms with E-state index in [1.54, 1.807) is 9.96 Å². The molecule has 0 radical (unpaired) electrons. The first kappa shape index (κ1) is 23.3. The average molecular weight is 495 g/mol. The van der Waals surface area contributed by atoms with Crippen molar-refractivity contribution >= 4 is 12.1 Å². The number of nitrogens with zero attached hydrogens (tertiary/aromatic N) is 4. The van der Waals surface area contributed by atoms with E-state index >= 15 is 0 Å². The number of hydrogen-bond acceptors (Lipinski definition) is 6. The Balaban J connectivity index is 1.08. The van der Waals surface area contributed by atoms with Gasteiger partial charge in [-0.25, -0.2) is 9.59 Å². The zero-order valence-electron chi connectivity index (χ0n) is 21.2. The Labute approximate surface area is 211 Å². The van der Waals surface area contributed by atoms with E-state index in [0.29, 0.717) is 38.6 Å². The number of hydrogen-bond donors (Lipinski definition) is 0. The van der Waals surface area contributed by atoms with Crippen molar-refractivity contribution in [3.05, 3.63) is 53.4 Å². The van der Waals surface area contributed by atoms with Crippen LogP contribution in [-0.2, 0) is 22.6 Å². The van der Waals surface area contributed by atoms with Gasteiger partial charge in [-0.05, 0) is 51.0 Å². The molecular formula is C27H34N4O5. The second-order valence-electron chi connectivity index (χ2n) is 11.8. The maximum atomic E-state index is 13.4. The number of fused-ring (bicyclic) bond motifs is 3. The molecule has 3 aliphatic heterocycles. The fourth-order valence-electron chi connectivity index (χ4n) is 5.80. The van der Waals surface area contributed by atoms with Gasteiger partial charge in [0.05, 0.1) is 12.1 Å². The number of ether oxygens (including phenoxy) is 1. The van der Waals surface area contributed by atoms with E-state index in [4.69, 9.17) is 14.1 Å². The number of likely N-dealkylation sites (tertiary alicyclic amines) is 1. The Kier molecular flexibility index (Phi) is 5.51. The summed E-state index contributed by atoms with van der Waals surface area (Å²) in [6.07, 6.45) is 3.54. The summed E-state index contributed by atoms with van der Waals surface area (Å²) in [5.74, 6) is 1.12. The molecule has 3 amide bonds. The standard InChI is InChI=1S/C27H34N4O5/c1-26(2,3)35-25(33)29-14-19(15-29)11-20-12-21(28-36-20)22-13-27(9-10-27)23-16-30(22)24(32)31(23)34-17-18-7-5-4-6-8-18/h4-8,12,19,22-23H,9-11,13-17H2,1-3H3/t22-,23-/m0/s1. The van der Waals surface area contributed by atoms with Gasteiger partial charge in [0.25, 0.3) is 0 Å². The van der Waals surface area contributed by atoms with Crippen molar-refractivity contribution in [2.45, 2.75) is 70.7 Å². The highest BCUT2D eigenvalue weighted by atomic mass is 16.7. The number of rotatable bonds is 6. The number of urea groups is 1. The molecule has 1 spiro atoms. The Morgan fingerprint density at radius 1 is 1.17 bits per heavy atom. The lowest BCUT2D eigenvalue weighted by Crippen LogP contribution is -2.52. The van der Waals surface area contributed by atoms with E-state index in [1.807, 2.05) is 62.1 Å². The third-order valence-electron chi connectivity index (χ3n) is 7.89. The quantitative estimate of drug-likeness (QED) is 0.586. The van der Waals surface area contributed by atoms with Crippen molar-refractivity contribution in [3.8, 4) is 0 Å². The predicted molar refractivity (Wildman–Crippen MR) is 129 cm³/mol. The molecule has 1 aromatic carbocycles. The van der Waals surface area contributed by atoms with Crippen LogP contribution >= 0.6 is 0 Å². The SMILES string of the molecule is CC(C)(C)OC(=O)N1CC(Cc2cc([C@@H]3CC4(CC4)[C@@H]4CN3C(=O)N4OCc3ccccc3)no2)C1. The lowest BCUT2D eigenvalue weighted by molar-refractivity contribution is -0.153. The summed E-state index contributed by atoms with van der Waals surface area (Å²) in [6.45, 7) is 7.96. The molecule has 9 heteroatoms. The summed E-state index contributed by atoms with van der Waals surface area (Å²) in [5, 5.41) is 6.01. The van der Waals surface area contributed by atoms with Crippen LogP contribution in [0.1, 0.15) is 63.1 Å². The molecule has 4 heterocycles. The highest BCUT2D eigenvalue weighted by Gasteiger charge is 2.63. The lowest BCUT2D eigenvalue weighted by Gasteiger charge is -2.39. The van der Waals surface area contributed by atoms with Gasteiger partial charge < -0.3 is 19.1 Å². The van der Waals surface area contributed by atoms with Gasteiger partial charge in [0.15, 0.2) is 0 Å². The van der Waals surface area contributed by atoms with Crippen molar-refractivity contribution < 1.29 is 23.7 Å². The van der Waals surface area contributed by atoms with Crippen LogP contribution in [0.15, 0.2) is 40.9 Å². The normalized spacial score (nSPS) is 24.9. The predicted octanol–water partition coefficient (Wildman–Crippen LogP) is 4.55. The Morgan fingerprint density at radius 3 is 2.61 bits per heavy atom. The Hall–Kier alpha value is -3.07. The molecule has 2 bridgehead atoms. The van der Waals surface area contributed by atoms with E-state index in [2.05, 4.69) is 5.16 Å². The van der Waals surface area contributed by atoms with Gasteiger partial charge in [-0.3, -0.25) is 4.84 Å². The van der Waals surface area contributed by atoms with E-state index in [9.17, 15) is 9.59 Å². The summed E-state index contributed by atoms with van der Waals surface area (Å²) in [6, 6.07) is 11.9. The molecule has 3 saturated heterocycles. The molecule has 6 rings (SSSR count). The molecule has 4 aliphatic rings. The zero-order chi connectivity index (χ0) is 25.1. The maximum Gasteiger partial charge on any atom is 0.410 e. The van der Waals surface area contributed by atoms with Gasteiger partial charge in [-0.1, -0.05) is 35.5 Å². The highest BCUT2D eigenvalue weighted by molar-refractivity contribution is 5.77. The molecule has 0 unspecified atom stereocenters. The van der Waals surface area contributed by atoms with Crippen LogP contribution in [0.5, 0.6) is 0 Å². The minimum Gasteiger partial charge on any atom is -0.444 e. The highest BCUT2D eigenvalue weighted by Crippen LogP contribution is 2.61. The van der Waals surface area contributed by atoms with Crippen molar-refractivity contribution in [1.29, 1.82) is 0 Å². The first-order valence-electron chi connectivity index (χ1n) is 12.9. The number of amides is 3. The van der Waals surface area contributed by atoms with Crippen LogP contribution in [0.25, 0.3) is 0 Å². The second kappa shape index (κ2) is 8.50. The molecule has 1 aliphatic carbocycles. The summed E-state index contributed by atoms with van der Waals surface area (Å²) < 4.78 is 11.1. The van der Waals surface area contributed by atoms with Crippen LogP contribution in [0.4, 0.5) is 9.59 Å². The number of hydroxylamine groups is 2. The van der Waals surface area contributed by atoms with E-state index in [0.717, 1.165) is 36.3 Å². The first-order chi connectivity index (χ1) is 17.2. The summed E-state index contributed by atoms with van der Waals surface area (Å²) in [4.78, 5) is 35.2. The number of carbonyl (C=O) groups excluding carboxylic acids is 2. The van der Waals surface area contributed by atoms with Crippen LogP contribution in [0, 0.1) is 11.3 Å². The van der Waals surface area contributed by atoms with Gasteiger partial charge >= 0.3 is 12.1 Å². The molecule has 0 N–H and O–H groups in total. The molecule has 1 aromatic heterocycles. The monoisotopic (exact) mass is 494 g/mol. The minimum atomic E-state index is -0.491. The number of piperidine rings is 1. The fraction of sp³-hybridized carbons (Fsp3) is 0.593. The van der Waals surface area contributed by atoms with Gasteiger partial charge in [-0.15, -0.1) is 0 Å². The van der Waals surface area contributed by atoms with E-state index in [-0.39, 0.29) is 29.6 Å². The van der Waals surface area contributed by atoms with Crippen LogP contribution in [0.2, 0.25) is 0 Å². The van der Waals surface area contributed by atoms with Crippen molar-refractivity contribution in [3.63, 3.8) is 0 Å². The molecule has 192 valence electrons. The molecule has 36 heavy (non-hydrogen) atoms. The van der Waals surface area contributed by atoms with Crippen LogP contribution in [-0.4, -0.2) is 63.4 Å². The van der Waals surface area contributed by atoms with Crippen LogP contribution in [0.3, 0.4) is 0 Å². The largest absolute Gasteiger partial charge is 0.444 e. The molecular weight excluding hydrogens is 460 g/mol. The third kappa shape index (κ3) is 4.34. The smallest absolute Gasteiger partial charge is 0.410 e.